The predicted molar refractivity (Wildman–Crippen MR) is 84.6 cm³/mol. The fourth-order valence-corrected chi connectivity index (χ4v) is 2.99. The molecule has 4 heteroatoms. The van der Waals surface area contributed by atoms with Crippen LogP contribution >= 0.6 is 0 Å². The summed E-state index contributed by atoms with van der Waals surface area (Å²) in [5.74, 6) is 0.152. The molecule has 1 aliphatic rings. The van der Waals surface area contributed by atoms with Gasteiger partial charge in [0.1, 0.15) is 0 Å². The van der Waals surface area contributed by atoms with Gasteiger partial charge in [-0.1, -0.05) is 13.8 Å². The Hall–Kier alpha value is -0.610. The standard InChI is InChI=1S/C16H33N3O/c1-6-16(7-2,12-17)14(20)18-13-8-10-19(11-9-13)15(3,4)5/h13H,6-12,17H2,1-5H3,(H,18,20). The van der Waals surface area contributed by atoms with Gasteiger partial charge >= 0.3 is 0 Å². The van der Waals surface area contributed by atoms with Gasteiger partial charge in [-0.2, -0.15) is 0 Å². The van der Waals surface area contributed by atoms with E-state index in [4.69, 9.17) is 5.73 Å². The lowest BCUT2D eigenvalue weighted by atomic mass is 9.81. The second-order valence-corrected chi connectivity index (χ2v) is 7.10. The SMILES string of the molecule is CCC(CC)(CN)C(=O)NC1CCN(C(C)(C)C)CC1. The maximum absolute atomic E-state index is 12.5. The average Bonchev–Trinajstić information content (AvgIpc) is 2.41. The van der Waals surface area contributed by atoms with Crippen LogP contribution in [0, 0.1) is 5.41 Å². The van der Waals surface area contributed by atoms with E-state index in [0.29, 0.717) is 12.6 Å². The minimum Gasteiger partial charge on any atom is -0.353 e. The number of likely N-dealkylation sites (tertiary alicyclic amines) is 1. The smallest absolute Gasteiger partial charge is 0.227 e. The summed E-state index contributed by atoms with van der Waals surface area (Å²) in [5, 5.41) is 3.24. The molecule has 1 fully saturated rings. The number of nitrogens with two attached hydrogens (primary N) is 1. The molecule has 118 valence electrons. The topological polar surface area (TPSA) is 58.4 Å². The van der Waals surface area contributed by atoms with Crippen LogP contribution in [0.15, 0.2) is 0 Å². The molecule has 0 spiro atoms. The Bertz CT molecular complexity index is 302. The van der Waals surface area contributed by atoms with Crippen LogP contribution in [0.5, 0.6) is 0 Å². The van der Waals surface area contributed by atoms with Crippen LogP contribution in [-0.2, 0) is 4.79 Å². The Morgan fingerprint density at radius 1 is 1.20 bits per heavy atom. The quantitative estimate of drug-likeness (QED) is 0.812. The Morgan fingerprint density at radius 2 is 1.70 bits per heavy atom. The minimum atomic E-state index is -0.374. The van der Waals surface area contributed by atoms with E-state index >= 15 is 0 Å². The van der Waals surface area contributed by atoms with Crippen molar-refractivity contribution in [2.75, 3.05) is 19.6 Å². The average molecular weight is 283 g/mol. The Labute approximate surface area is 124 Å². The van der Waals surface area contributed by atoms with Crippen LogP contribution < -0.4 is 11.1 Å². The summed E-state index contributed by atoms with van der Waals surface area (Å²) in [6.45, 7) is 13.4. The van der Waals surface area contributed by atoms with Gasteiger partial charge in [0.05, 0.1) is 5.41 Å². The predicted octanol–water partition coefficient (Wildman–Crippen LogP) is 2.13. The highest BCUT2D eigenvalue weighted by Crippen LogP contribution is 2.26. The van der Waals surface area contributed by atoms with Crippen LogP contribution in [0.25, 0.3) is 0 Å². The molecule has 4 nitrogen and oxygen atoms in total. The van der Waals surface area contributed by atoms with Gasteiger partial charge in [-0.15, -0.1) is 0 Å². The Morgan fingerprint density at radius 3 is 2.05 bits per heavy atom. The van der Waals surface area contributed by atoms with Crippen molar-refractivity contribution in [1.82, 2.24) is 10.2 Å². The number of amides is 1. The summed E-state index contributed by atoms with van der Waals surface area (Å²) in [6.07, 6.45) is 3.70. The number of rotatable bonds is 5. The molecule has 0 atom stereocenters. The van der Waals surface area contributed by atoms with Gasteiger partial charge in [-0.05, 0) is 46.5 Å². The first-order valence-electron chi connectivity index (χ1n) is 8.05. The number of hydrogen-bond donors (Lipinski definition) is 2. The van der Waals surface area contributed by atoms with Crippen molar-refractivity contribution in [2.24, 2.45) is 11.1 Å². The van der Waals surface area contributed by atoms with Crippen LogP contribution in [0.2, 0.25) is 0 Å². The van der Waals surface area contributed by atoms with E-state index in [2.05, 4.69) is 44.8 Å². The molecule has 0 aromatic carbocycles. The highest BCUT2D eigenvalue weighted by Gasteiger charge is 2.35. The molecule has 1 amide bonds. The van der Waals surface area contributed by atoms with E-state index in [-0.39, 0.29) is 16.9 Å². The van der Waals surface area contributed by atoms with Crippen molar-refractivity contribution in [2.45, 2.75) is 71.9 Å². The van der Waals surface area contributed by atoms with Crippen molar-refractivity contribution in [3.8, 4) is 0 Å². The molecule has 20 heavy (non-hydrogen) atoms. The van der Waals surface area contributed by atoms with Crippen molar-refractivity contribution < 1.29 is 4.79 Å². The molecule has 0 aliphatic carbocycles. The normalized spacial score (nSPS) is 19.1. The monoisotopic (exact) mass is 283 g/mol. The van der Waals surface area contributed by atoms with Crippen LogP contribution in [-0.4, -0.2) is 42.0 Å². The van der Waals surface area contributed by atoms with E-state index in [0.717, 1.165) is 38.8 Å². The van der Waals surface area contributed by atoms with Crippen molar-refractivity contribution in [1.29, 1.82) is 0 Å². The highest BCUT2D eigenvalue weighted by molar-refractivity contribution is 5.83. The van der Waals surface area contributed by atoms with Crippen LogP contribution in [0.3, 0.4) is 0 Å². The van der Waals surface area contributed by atoms with Crippen molar-refractivity contribution in [3.63, 3.8) is 0 Å². The first-order chi connectivity index (χ1) is 9.29. The lowest BCUT2D eigenvalue weighted by Gasteiger charge is -2.41. The van der Waals surface area contributed by atoms with Crippen molar-refractivity contribution >= 4 is 5.91 Å². The maximum Gasteiger partial charge on any atom is 0.227 e. The van der Waals surface area contributed by atoms with Gasteiger partial charge in [0.2, 0.25) is 5.91 Å². The van der Waals surface area contributed by atoms with Crippen LogP contribution in [0.4, 0.5) is 0 Å². The third-order valence-electron chi connectivity index (χ3n) is 5.00. The zero-order valence-electron chi connectivity index (χ0n) is 14.0. The van der Waals surface area contributed by atoms with E-state index in [1.165, 1.54) is 0 Å². The molecule has 1 heterocycles. The van der Waals surface area contributed by atoms with Gasteiger partial charge in [0.25, 0.3) is 0 Å². The summed E-state index contributed by atoms with van der Waals surface area (Å²) in [7, 11) is 0. The van der Waals surface area contributed by atoms with E-state index < -0.39 is 0 Å². The van der Waals surface area contributed by atoms with E-state index in [9.17, 15) is 4.79 Å². The first-order valence-corrected chi connectivity index (χ1v) is 8.05. The molecule has 0 radical (unpaired) electrons. The third kappa shape index (κ3) is 3.95. The zero-order chi connectivity index (χ0) is 15.4. The first kappa shape index (κ1) is 17.4. The number of nitrogens with one attached hydrogen (secondary N) is 1. The van der Waals surface area contributed by atoms with Gasteiger partial charge in [0.15, 0.2) is 0 Å². The van der Waals surface area contributed by atoms with Crippen LogP contribution in [0.1, 0.15) is 60.3 Å². The van der Waals surface area contributed by atoms with E-state index in [1.807, 2.05) is 0 Å². The molecule has 0 saturated carbocycles. The molecule has 1 saturated heterocycles. The fourth-order valence-electron chi connectivity index (χ4n) is 2.99. The summed E-state index contributed by atoms with van der Waals surface area (Å²) in [5.41, 5.74) is 5.70. The maximum atomic E-state index is 12.5. The third-order valence-corrected chi connectivity index (χ3v) is 5.00. The van der Waals surface area contributed by atoms with Gasteiger partial charge in [0, 0.05) is 31.2 Å². The number of carbonyl (C=O) groups excluding carboxylic acids is 1. The molecular weight excluding hydrogens is 250 g/mol. The van der Waals surface area contributed by atoms with E-state index in [1.54, 1.807) is 0 Å². The summed E-state index contributed by atoms with van der Waals surface area (Å²) in [4.78, 5) is 15.0. The second-order valence-electron chi connectivity index (χ2n) is 7.10. The summed E-state index contributed by atoms with van der Waals surface area (Å²) < 4.78 is 0. The molecule has 0 bridgehead atoms. The van der Waals surface area contributed by atoms with Crippen molar-refractivity contribution in [3.05, 3.63) is 0 Å². The highest BCUT2D eigenvalue weighted by atomic mass is 16.2. The van der Waals surface area contributed by atoms with Gasteiger partial charge in [-0.25, -0.2) is 0 Å². The lowest BCUT2D eigenvalue weighted by Crippen LogP contribution is -2.54. The summed E-state index contributed by atoms with van der Waals surface area (Å²) >= 11 is 0. The Balaban J connectivity index is 2.53. The fraction of sp³-hybridized carbons (Fsp3) is 0.938. The number of hydrogen-bond acceptors (Lipinski definition) is 3. The minimum absolute atomic E-state index is 0.152. The molecule has 3 N–H and O–H groups in total. The Kier molecular flexibility index (Phi) is 6.02. The molecular formula is C16H33N3O. The number of piperidine rings is 1. The van der Waals surface area contributed by atoms with Gasteiger partial charge < -0.3 is 11.1 Å². The second kappa shape index (κ2) is 6.90. The van der Waals surface area contributed by atoms with Gasteiger partial charge in [-0.3, -0.25) is 9.69 Å². The zero-order valence-corrected chi connectivity index (χ0v) is 14.0. The largest absolute Gasteiger partial charge is 0.353 e. The molecule has 1 aliphatic heterocycles. The molecule has 0 aromatic heterocycles. The number of nitrogens with zero attached hydrogens (tertiary/aromatic N) is 1. The molecule has 0 unspecified atom stereocenters. The molecule has 0 aromatic rings. The summed E-state index contributed by atoms with van der Waals surface area (Å²) in [6, 6.07) is 0.310. The lowest BCUT2D eigenvalue weighted by molar-refractivity contribution is -0.132. The molecule has 1 rings (SSSR count). The number of carbonyl (C=O) groups is 1.